The molecular weight excluding hydrogens is 441 g/mol. The number of aliphatic imine (C=N–C) groups is 1. The Bertz CT molecular complexity index is 422. The minimum Gasteiger partial charge on any atom is -0.379 e. The predicted octanol–water partition coefficient (Wildman–Crippen LogP) is 1.71. The highest BCUT2D eigenvalue weighted by Crippen LogP contribution is 2.17. The minimum atomic E-state index is 0. The van der Waals surface area contributed by atoms with E-state index in [4.69, 9.17) is 4.74 Å². The molecule has 3 heterocycles. The van der Waals surface area contributed by atoms with E-state index in [0.717, 1.165) is 57.8 Å². The highest BCUT2D eigenvalue weighted by atomic mass is 127. The number of ether oxygens (including phenoxy) is 1. The maximum absolute atomic E-state index is 5.48. The summed E-state index contributed by atoms with van der Waals surface area (Å²) in [7, 11) is 1.91. The van der Waals surface area contributed by atoms with Crippen LogP contribution in [0, 0.1) is 5.92 Å². The second-order valence-corrected chi connectivity index (χ2v) is 7.89. The van der Waals surface area contributed by atoms with Crippen molar-refractivity contribution in [1.29, 1.82) is 0 Å². The molecule has 0 bridgehead atoms. The molecule has 3 saturated heterocycles. The lowest BCUT2D eigenvalue weighted by Gasteiger charge is -2.32. The van der Waals surface area contributed by atoms with Gasteiger partial charge in [0, 0.05) is 45.8 Å². The van der Waals surface area contributed by atoms with Gasteiger partial charge in [-0.05, 0) is 51.2 Å². The second-order valence-electron chi connectivity index (χ2n) is 7.89. The third kappa shape index (κ3) is 6.49. The SMILES string of the molecule is CN=C(NCCCN1CCC(C)CC1)N1CCC(N2CCOCC2)C1.I. The highest BCUT2D eigenvalue weighted by Gasteiger charge is 2.30. The zero-order valence-electron chi connectivity index (χ0n) is 16.7. The molecule has 3 aliphatic rings. The first kappa shape index (κ1) is 22.2. The van der Waals surface area contributed by atoms with Crippen LogP contribution < -0.4 is 5.32 Å². The monoisotopic (exact) mass is 479 g/mol. The van der Waals surface area contributed by atoms with E-state index >= 15 is 0 Å². The van der Waals surface area contributed by atoms with Crippen LogP contribution in [0.2, 0.25) is 0 Å². The van der Waals surface area contributed by atoms with Crippen molar-refractivity contribution in [3.8, 4) is 0 Å². The summed E-state index contributed by atoms with van der Waals surface area (Å²) in [6, 6.07) is 0.665. The van der Waals surface area contributed by atoms with E-state index in [9.17, 15) is 0 Å². The first-order chi connectivity index (χ1) is 12.3. The van der Waals surface area contributed by atoms with Crippen molar-refractivity contribution in [2.24, 2.45) is 10.9 Å². The lowest BCUT2D eigenvalue weighted by Crippen LogP contribution is -2.47. The Morgan fingerprint density at radius 1 is 1.08 bits per heavy atom. The van der Waals surface area contributed by atoms with Crippen LogP contribution in [-0.2, 0) is 4.74 Å². The summed E-state index contributed by atoms with van der Waals surface area (Å²) in [6.45, 7) is 13.3. The number of nitrogens with one attached hydrogen (secondary N) is 1. The second kappa shape index (κ2) is 11.7. The summed E-state index contributed by atoms with van der Waals surface area (Å²) in [4.78, 5) is 12.2. The molecule has 6 nitrogen and oxygen atoms in total. The van der Waals surface area contributed by atoms with E-state index in [0.29, 0.717) is 6.04 Å². The summed E-state index contributed by atoms with van der Waals surface area (Å²) in [5, 5.41) is 3.59. The maximum Gasteiger partial charge on any atom is 0.193 e. The van der Waals surface area contributed by atoms with E-state index in [2.05, 4.69) is 31.9 Å². The van der Waals surface area contributed by atoms with Crippen molar-refractivity contribution in [1.82, 2.24) is 20.0 Å². The van der Waals surface area contributed by atoms with Crippen molar-refractivity contribution in [3.05, 3.63) is 0 Å². The number of likely N-dealkylation sites (tertiary alicyclic amines) is 2. The molecule has 0 aliphatic carbocycles. The molecule has 0 aromatic heterocycles. The number of halogens is 1. The number of rotatable bonds is 5. The third-order valence-electron chi connectivity index (χ3n) is 6.05. The van der Waals surface area contributed by atoms with Gasteiger partial charge in [0.05, 0.1) is 13.2 Å². The van der Waals surface area contributed by atoms with Crippen molar-refractivity contribution in [2.45, 2.75) is 38.6 Å². The number of guanidine groups is 1. The molecule has 0 amide bonds. The fourth-order valence-electron chi connectivity index (χ4n) is 4.30. The van der Waals surface area contributed by atoms with Gasteiger partial charge in [0.2, 0.25) is 0 Å². The van der Waals surface area contributed by atoms with Crippen molar-refractivity contribution >= 4 is 29.9 Å². The molecule has 3 rings (SSSR count). The standard InChI is InChI=1S/C19H37N5O.HI/c1-17-4-9-22(10-5-17)8-3-7-21-19(20-2)24-11-6-18(16-24)23-12-14-25-15-13-23;/h17-18H,3-16H2,1-2H3,(H,20,21);1H. The number of hydrogen-bond acceptors (Lipinski definition) is 4. The molecule has 3 aliphatic heterocycles. The van der Waals surface area contributed by atoms with Crippen LogP contribution in [0.3, 0.4) is 0 Å². The van der Waals surface area contributed by atoms with Crippen molar-refractivity contribution < 1.29 is 4.74 Å². The van der Waals surface area contributed by atoms with Gasteiger partial charge >= 0.3 is 0 Å². The summed E-state index contributed by atoms with van der Waals surface area (Å²) in [5.74, 6) is 2.01. The maximum atomic E-state index is 5.48. The Balaban J connectivity index is 0.00000243. The number of nitrogens with zero attached hydrogens (tertiary/aromatic N) is 4. The molecule has 1 unspecified atom stereocenters. The molecule has 0 spiro atoms. The molecule has 152 valence electrons. The van der Waals surface area contributed by atoms with E-state index in [1.165, 1.54) is 45.3 Å². The topological polar surface area (TPSA) is 43.3 Å². The first-order valence-corrected chi connectivity index (χ1v) is 10.3. The van der Waals surface area contributed by atoms with Crippen molar-refractivity contribution in [2.75, 3.05) is 72.6 Å². The Morgan fingerprint density at radius 3 is 2.50 bits per heavy atom. The molecule has 0 radical (unpaired) electrons. The van der Waals surface area contributed by atoms with Gasteiger partial charge in [-0.2, -0.15) is 0 Å². The normalized spacial score (nSPS) is 26.8. The van der Waals surface area contributed by atoms with Crippen LogP contribution in [0.15, 0.2) is 4.99 Å². The van der Waals surface area contributed by atoms with Crippen LogP contribution in [0.25, 0.3) is 0 Å². The molecule has 26 heavy (non-hydrogen) atoms. The van der Waals surface area contributed by atoms with Crippen molar-refractivity contribution in [3.63, 3.8) is 0 Å². The third-order valence-corrected chi connectivity index (χ3v) is 6.05. The molecule has 7 heteroatoms. The quantitative estimate of drug-likeness (QED) is 0.282. The van der Waals surface area contributed by atoms with Gasteiger partial charge in [-0.25, -0.2) is 0 Å². The summed E-state index contributed by atoms with van der Waals surface area (Å²) >= 11 is 0. The predicted molar refractivity (Wildman–Crippen MR) is 119 cm³/mol. The zero-order valence-corrected chi connectivity index (χ0v) is 19.0. The number of piperidine rings is 1. The van der Waals surface area contributed by atoms with Crippen LogP contribution in [0.1, 0.15) is 32.6 Å². The molecular formula is C19H38IN5O. The summed E-state index contributed by atoms with van der Waals surface area (Å²) in [5.41, 5.74) is 0. The van der Waals surface area contributed by atoms with Crippen LogP contribution in [0.4, 0.5) is 0 Å². The van der Waals surface area contributed by atoms with Gasteiger partial charge in [-0.3, -0.25) is 9.89 Å². The molecule has 3 fully saturated rings. The summed E-state index contributed by atoms with van der Waals surface area (Å²) in [6.07, 6.45) is 5.18. The van der Waals surface area contributed by atoms with Gasteiger partial charge in [0.1, 0.15) is 0 Å². The smallest absolute Gasteiger partial charge is 0.193 e. The van der Waals surface area contributed by atoms with Gasteiger partial charge < -0.3 is 19.9 Å². The Hall–Kier alpha value is -0.120. The molecule has 0 saturated carbocycles. The molecule has 1 atom stereocenters. The van der Waals surface area contributed by atoms with E-state index in [1.807, 2.05) is 7.05 Å². The van der Waals surface area contributed by atoms with Crippen LogP contribution in [0.5, 0.6) is 0 Å². The highest BCUT2D eigenvalue weighted by molar-refractivity contribution is 14.0. The lowest BCUT2D eigenvalue weighted by atomic mass is 9.99. The first-order valence-electron chi connectivity index (χ1n) is 10.3. The number of morpholine rings is 1. The van der Waals surface area contributed by atoms with E-state index < -0.39 is 0 Å². The van der Waals surface area contributed by atoms with Crippen LogP contribution >= 0.6 is 24.0 Å². The van der Waals surface area contributed by atoms with Gasteiger partial charge in [0.15, 0.2) is 5.96 Å². The molecule has 0 aromatic carbocycles. The zero-order chi connectivity index (χ0) is 17.5. The number of hydrogen-bond donors (Lipinski definition) is 1. The van der Waals surface area contributed by atoms with Gasteiger partial charge in [-0.1, -0.05) is 6.92 Å². The Labute approximate surface area is 176 Å². The lowest BCUT2D eigenvalue weighted by molar-refractivity contribution is 0.0195. The van der Waals surface area contributed by atoms with E-state index in [-0.39, 0.29) is 24.0 Å². The molecule has 0 aromatic rings. The fourth-order valence-corrected chi connectivity index (χ4v) is 4.30. The fraction of sp³-hybridized carbons (Fsp3) is 0.947. The van der Waals surface area contributed by atoms with Gasteiger partial charge in [0.25, 0.3) is 0 Å². The van der Waals surface area contributed by atoms with Gasteiger partial charge in [-0.15, -0.1) is 24.0 Å². The average Bonchev–Trinajstić information content (AvgIpc) is 3.14. The Kier molecular flexibility index (Phi) is 9.94. The molecule has 1 N–H and O–H groups in total. The largest absolute Gasteiger partial charge is 0.379 e. The average molecular weight is 479 g/mol. The Morgan fingerprint density at radius 2 is 1.81 bits per heavy atom. The van der Waals surface area contributed by atoms with E-state index in [1.54, 1.807) is 0 Å². The van der Waals surface area contributed by atoms with Crippen LogP contribution in [-0.4, -0.2) is 99.3 Å². The minimum absolute atomic E-state index is 0. The summed E-state index contributed by atoms with van der Waals surface area (Å²) < 4.78 is 5.48.